The molecule has 138 valence electrons. The third-order valence-corrected chi connectivity index (χ3v) is 3.22. The van der Waals surface area contributed by atoms with Gasteiger partial charge in [0.05, 0.1) is 5.56 Å². The standard InChI is InChI=1S/C18H22F3NO3/c1-6-10-17(5,24)18(20,21)13-9-7-8-12(14(13)19)11-22-15(23)25-16(2,3)4/h7-9,24H,11H2,1-5H3,(H,22,23). The molecule has 1 unspecified atom stereocenters. The average molecular weight is 357 g/mol. The van der Waals surface area contributed by atoms with Crippen molar-refractivity contribution in [1.82, 2.24) is 5.32 Å². The molecule has 0 heterocycles. The van der Waals surface area contributed by atoms with Crippen LogP contribution in [0.5, 0.6) is 0 Å². The molecule has 0 aliphatic rings. The summed E-state index contributed by atoms with van der Waals surface area (Å²) >= 11 is 0. The van der Waals surface area contributed by atoms with Gasteiger partial charge in [0.1, 0.15) is 11.4 Å². The number of rotatable bonds is 4. The molecule has 0 radical (unpaired) electrons. The quantitative estimate of drug-likeness (QED) is 0.808. The summed E-state index contributed by atoms with van der Waals surface area (Å²) < 4.78 is 48.5. The summed E-state index contributed by atoms with van der Waals surface area (Å²) in [6, 6.07) is 3.35. The van der Waals surface area contributed by atoms with Crippen molar-refractivity contribution in [2.75, 3.05) is 0 Å². The Labute approximate surface area is 145 Å². The van der Waals surface area contributed by atoms with Crippen LogP contribution in [0.25, 0.3) is 0 Å². The molecule has 0 spiro atoms. The number of benzene rings is 1. The molecule has 0 saturated carbocycles. The maximum absolute atomic E-state index is 14.5. The zero-order valence-corrected chi connectivity index (χ0v) is 14.8. The summed E-state index contributed by atoms with van der Waals surface area (Å²) in [5.41, 5.74) is -4.64. The lowest BCUT2D eigenvalue weighted by molar-refractivity contribution is -0.148. The van der Waals surface area contributed by atoms with Crippen molar-refractivity contribution in [3.8, 4) is 11.8 Å². The summed E-state index contributed by atoms with van der Waals surface area (Å²) in [6.45, 7) is 6.74. The Morgan fingerprint density at radius 3 is 2.40 bits per heavy atom. The number of alkyl halides is 2. The molecule has 1 rings (SSSR count). The molecular weight excluding hydrogens is 335 g/mol. The molecule has 1 aromatic carbocycles. The predicted molar refractivity (Wildman–Crippen MR) is 87.4 cm³/mol. The summed E-state index contributed by atoms with van der Waals surface area (Å²) in [5, 5.41) is 12.2. The fourth-order valence-electron chi connectivity index (χ4n) is 2.02. The van der Waals surface area contributed by atoms with Gasteiger partial charge in [-0.05, 0) is 40.7 Å². The van der Waals surface area contributed by atoms with E-state index in [0.29, 0.717) is 0 Å². The van der Waals surface area contributed by atoms with Crippen LogP contribution in [0.1, 0.15) is 45.7 Å². The first-order valence-electron chi connectivity index (χ1n) is 7.60. The molecule has 2 N–H and O–H groups in total. The first-order valence-corrected chi connectivity index (χ1v) is 7.60. The number of carbonyl (C=O) groups is 1. The minimum Gasteiger partial charge on any atom is -0.444 e. The molecule has 0 aromatic heterocycles. The van der Waals surface area contributed by atoms with Crippen molar-refractivity contribution in [3.05, 3.63) is 35.1 Å². The third-order valence-electron chi connectivity index (χ3n) is 3.22. The van der Waals surface area contributed by atoms with Gasteiger partial charge in [0.2, 0.25) is 0 Å². The van der Waals surface area contributed by atoms with Crippen LogP contribution in [0.15, 0.2) is 18.2 Å². The fourth-order valence-corrected chi connectivity index (χ4v) is 2.02. The lowest BCUT2D eigenvalue weighted by Crippen LogP contribution is -2.42. The molecule has 1 amide bonds. The van der Waals surface area contributed by atoms with E-state index in [2.05, 4.69) is 11.2 Å². The van der Waals surface area contributed by atoms with E-state index in [4.69, 9.17) is 4.74 Å². The van der Waals surface area contributed by atoms with E-state index in [-0.39, 0.29) is 12.1 Å². The summed E-state index contributed by atoms with van der Waals surface area (Å²) in [4.78, 5) is 11.6. The number of halogens is 3. The largest absolute Gasteiger partial charge is 0.444 e. The van der Waals surface area contributed by atoms with Gasteiger partial charge in [0, 0.05) is 12.1 Å². The highest BCUT2D eigenvalue weighted by Crippen LogP contribution is 2.40. The van der Waals surface area contributed by atoms with Crippen molar-refractivity contribution in [2.45, 2.75) is 58.3 Å². The van der Waals surface area contributed by atoms with E-state index in [1.165, 1.54) is 19.1 Å². The van der Waals surface area contributed by atoms with Crippen molar-refractivity contribution in [1.29, 1.82) is 0 Å². The van der Waals surface area contributed by atoms with Gasteiger partial charge < -0.3 is 15.2 Å². The number of hydrogen-bond acceptors (Lipinski definition) is 3. The summed E-state index contributed by atoms with van der Waals surface area (Å²) in [6.07, 6.45) is -0.798. The molecule has 0 saturated heterocycles. The van der Waals surface area contributed by atoms with Gasteiger partial charge in [-0.3, -0.25) is 0 Å². The van der Waals surface area contributed by atoms with Gasteiger partial charge in [-0.15, -0.1) is 5.92 Å². The number of amides is 1. The Kier molecular flexibility index (Phi) is 6.14. The highest BCUT2D eigenvalue weighted by Gasteiger charge is 2.51. The Balaban J connectivity index is 3.07. The van der Waals surface area contributed by atoms with Crippen LogP contribution in [0.2, 0.25) is 0 Å². The van der Waals surface area contributed by atoms with Crippen LogP contribution >= 0.6 is 0 Å². The minimum absolute atomic E-state index is 0.164. The van der Waals surface area contributed by atoms with Gasteiger partial charge in [-0.2, -0.15) is 8.78 Å². The second-order valence-corrected chi connectivity index (χ2v) is 6.66. The van der Waals surface area contributed by atoms with Crippen molar-refractivity contribution >= 4 is 6.09 Å². The Bertz CT molecular complexity index is 698. The number of carbonyl (C=O) groups excluding carboxylic acids is 1. The Hall–Kier alpha value is -2.20. The van der Waals surface area contributed by atoms with Gasteiger partial charge in [0.15, 0.2) is 5.60 Å². The van der Waals surface area contributed by atoms with E-state index in [1.807, 2.05) is 5.92 Å². The van der Waals surface area contributed by atoms with Gasteiger partial charge in [-0.1, -0.05) is 18.1 Å². The smallest absolute Gasteiger partial charge is 0.407 e. The van der Waals surface area contributed by atoms with E-state index in [9.17, 15) is 23.1 Å². The lowest BCUT2D eigenvalue weighted by Gasteiger charge is -2.29. The van der Waals surface area contributed by atoms with Gasteiger partial charge >= 0.3 is 12.0 Å². The molecule has 0 aliphatic heterocycles. The van der Waals surface area contributed by atoms with Crippen LogP contribution in [-0.4, -0.2) is 22.4 Å². The van der Waals surface area contributed by atoms with Crippen LogP contribution in [0.4, 0.5) is 18.0 Å². The summed E-state index contributed by atoms with van der Waals surface area (Å²) in [5.74, 6) is -0.977. The van der Waals surface area contributed by atoms with Gasteiger partial charge in [0.25, 0.3) is 0 Å². The maximum Gasteiger partial charge on any atom is 0.407 e. The van der Waals surface area contributed by atoms with E-state index < -0.39 is 34.6 Å². The lowest BCUT2D eigenvalue weighted by atomic mass is 9.90. The maximum atomic E-state index is 14.5. The summed E-state index contributed by atoms with van der Waals surface area (Å²) in [7, 11) is 0. The minimum atomic E-state index is -3.94. The zero-order valence-electron chi connectivity index (χ0n) is 14.8. The predicted octanol–water partition coefficient (Wildman–Crippen LogP) is 3.72. The Morgan fingerprint density at radius 1 is 1.28 bits per heavy atom. The number of alkyl carbamates (subject to hydrolysis) is 1. The average Bonchev–Trinajstić information content (AvgIpc) is 2.43. The molecule has 0 fully saturated rings. The number of hydrogen-bond donors (Lipinski definition) is 2. The van der Waals surface area contributed by atoms with E-state index >= 15 is 0 Å². The monoisotopic (exact) mass is 357 g/mol. The molecule has 4 nitrogen and oxygen atoms in total. The Morgan fingerprint density at radius 2 is 1.88 bits per heavy atom. The highest BCUT2D eigenvalue weighted by atomic mass is 19.3. The first-order chi connectivity index (χ1) is 11.3. The molecule has 0 aliphatic carbocycles. The van der Waals surface area contributed by atoms with E-state index in [1.54, 1.807) is 20.8 Å². The normalized spacial score (nSPS) is 14.1. The van der Waals surface area contributed by atoms with E-state index in [0.717, 1.165) is 13.0 Å². The first kappa shape index (κ1) is 20.8. The second kappa shape index (κ2) is 7.36. The van der Waals surface area contributed by atoms with Crippen LogP contribution < -0.4 is 5.32 Å². The van der Waals surface area contributed by atoms with Gasteiger partial charge in [-0.25, -0.2) is 9.18 Å². The topological polar surface area (TPSA) is 58.6 Å². The van der Waals surface area contributed by atoms with Crippen LogP contribution in [-0.2, 0) is 17.2 Å². The molecule has 7 heteroatoms. The number of nitrogens with one attached hydrogen (secondary N) is 1. The number of ether oxygens (including phenoxy) is 1. The van der Waals surface area contributed by atoms with Crippen molar-refractivity contribution in [3.63, 3.8) is 0 Å². The highest BCUT2D eigenvalue weighted by molar-refractivity contribution is 5.67. The SMILES string of the molecule is CC#CC(C)(O)C(F)(F)c1cccc(CNC(=O)OC(C)(C)C)c1F. The molecule has 25 heavy (non-hydrogen) atoms. The second-order valence-electron chi connectivity index (χ2n) is 6.66. The molecule has 1 aromatic rings. The third kappa shape index (κ3) is 5.13. The zero-order chi connectivity index (χ0) is 19.5. The molecular formula is C18H22F3NO3. The fraction of sp³-hybridized carbons (Fsp3) is 0.500. The van der Waals surface area contributed by atoms with Crippen molar-refractivity contribution in [2.24, 2.45) is 0 Å². The van der Waals surface area contributed by atoms with Crippen LogP contribution in [0.3, 0.4) is 0 Å². The number of aliphatic hydroxyl groups is 1. The van der Waals surface area contributed by atoms with Crippen molar-refractivity contribution < 1.29 is 27.8 Å². The molecule has 0 bridgehead atoms. The molecule has 1 atom stereocenters. The van der Waals surface area contributed by atoms with Crippen LogP contribution in [0, 0.1) is 17.7 Å².